The number of nitrogens with zero attached hydrogens (tertiary/aromatic N) is 2. The monoisotopic (exact) mass is 263 g/mol. The van der Waals surface area contributed by atoms with Gasteiger partial charge in [-0.05, 0) is 29.3 Å². The Balaban J connectivity index is 2.02. The van der Waals surface area contributed by atoms with Crippen LogP contribution in [-0.2, 0) is 12.0 Å². The van der Waals surface area contributed by atoms with E-state index in [1.807, 2.05) is 20.8 Å². The van der Waals surface area contributed by atoms with E-state index in [0.29, 0.717) is 23.9 Å². The molecule has 102 valence electrons. The summed E-state index contributed by atoms with van der Waals surface area (Å²) in [6.07, 6.45) is 0. The van der Waals surface area contributed by atoms with Gasteiger partial charge in [-0.2, -0.15) is 4.98 Å². The van der Waals surface area contributed by atoms with Crippen molar-refractivity contribution in [1.82, 2.24) is 10.1 Å². The van der Waals surface area contributed by atoms with E-state index in [4.69, 9.17) is 4.52 Å². The van der Waals surface area contributed by atoms with Crippen molar-refractivity contribution < 1.29 is 8.91 Å². The summed E-state index contributed by atoms with van der Waals surface area (Å²) < 4.78 is 18.3. The molecule has 2 aromatic rings. The Bertz CT molecular complexity index is 572. The number of rotatable bonds is 3. The molecule has 5 heteroatoms. The van der Waals surface area contributed by atoms with Gasteiger partial charge < -0.3 is 9.84 Å². The molecular formula is C14H18FN3O. The molecule has 0 bridgehead atoms. The highest BCUT2D eigenvalue weighted by Crippen LogP contribution is 2.21. The quantitative estimate of drug-likeness (QED) is 0.921. The van der Waals surface area contributed by atoms with Gasteiger partial charge in [0.05, 0.1) is 0 Å². The van der Waals surface area contributed by atoms with Crippen LogP contribution >= 0.6 is 0 Å². The van der Waals surface area contributed by atoms with Gasteiger partial charge in [0.25, 0.3) is 5.95 Å². The van der Waals surface area contributed by atoms with Crippen LogP contribution < -0.4 is 5.32 Å². The van der Waals surface area contributed by atoms with Gasteiger partial charge >= 0.3 is 0 Å². The third-order valence-corrected chi connectivity index (χ3v) is 2.74. The summed E-state index contributed by atoms with van der Waals surface area (Å²) in [6, 6.07) is 5.00. The minimum absolute atomic E-state index is 0.167. The molecular weight excluding hydrogens is 245 g/mol. The number of benzene rings is 1. The molecule has 1 heterocycles. The lowest BCUT2D eigenvalue weighted by molar-refractivity contribution is 0.321. The zero-order valence-corrected chi connectivity index (χ0v) is 11.6. The Morgan fingerprint density at radius 1 is 1.32 bits per heavy atom. The fourth-order valence-electron chi connectivity index (χ4n) is 1.60. The van der Waals surface area contributed by atoms with E-state index < -0.39 is 0 Å². The Hall–Kier alpha value is -1.91. The first-order valence-electron chi connectivity index (χ1n) is 6.19. The standard InChI is InChI=1S/C14H18FN3O/c1-9-7-10(5-6-11(9)15)8-16-13-17-12(19-18-13)14(2,3)4/h5-7H,8H2,1-4H3,(H,16,18). The highest BCUT2D eigenvalue weighted by Gasteiger charge is 2.21. The molecule has 0 saturated heterocycles. The first kappa shape index (κ1) is 13.5. The molecule has 1 aromatic heterocycles. The number of aryl methyl sites for hydroxylation is 1. The number of aromatic nitrogens is 2. The first-order chi connectivity index (χ1) is 8.86. The molecule has 19 heavy (non-hydrogen) atoms. The smallest absolute Gasteiger partial charge is 0.263 e. The van der Waals surface area contributed by atoms with Gasteiger partial charge in [0.15, 0.2) is 0 Å². The van der Waals surface area contributed by atoms with Crippen LogP contribution in [0.5, 0.6) is 0 Å². The molecule has 1 aromatic carbocycles. The van der Waals surface area contributed by atoms with E-state index in [1.165, 1.54) is 6.07 Å². The maximum Gasteiger partial charge on any atom is 0.263 e. The molecule has 0 spiro atoms. The summed E-state index contributed by atoms with van der Waals surface area (Å²) in [4.78, 5) is 4.27. The largest absolute Gasteiger partial charge is 0.348 e. The van der Waals surface area contributed by atoms with Crippen molar-refractivity contribution in [3.63, 3.8) is 0 Å². The van der Waals surface area contributed by atoms with Crippen LogP contribution in [0.15, 0.2) is 22.7 Å². The molecule has 1 N–H and O–H groups in total. The predicted octanol–water partition coefficient (Wildman–Crippen LogP) is 3.43. The average molecular weight is 263 g/mol. The van der Waals surface area contributed by atoms with E-state index in [9.17, 15) is 4.39 Å². The van der Waals surface area contributed by atoms with Crippen LogP contribution in [0.4, 0.5) is 10.3 Å². The molecule has 0 fully saturated rings. The third kappa shape index (κ3) is 3.30. The topological polar surface area (TPSA) is 51.0 Å². The van der Waals surface area contributed by atoms with Crippen molar-refractivity contribution in [3.05, 3.63) is 41.0 Å². The SMILES string of the molecule is Cc1cc(CNc2noc(C(C)(C)C)n2)ccc1F. The third-order valence-electron chi connectivity index (χ3n) is 2.74. The van der Waals surface area contributed by atoms with Gasteiger partial charge in [-0.25, -0.2) is 4.39 Å². The molecule has 0 atom stereocenters. The molecule has 0 radical (unpaired) electrons. The van der Waals surface area contributed by atoms with Crippen molar-refractivity contribution in [1.29, 1.82) is 0 Å². The van der Waals surface area contributed by atoms with E-state index in [2.05, 4.69) is 15.5 Å². The lowest BCUT2D eigenvalue weighted by atomic mass is 9.97. The summed E-state index contributed by atoms with van der Waals surface area (Å²) in [5.41, 5.74) is 1.43. The number of nitrogens with one attached hydrogen (secondary N) is 1. The number of hydrogen-bond donors (Lipinski definition) is 1. The summed E-state index contributed by atoms with van der Waals surface area (Å²) >= 11 is 0. The van der Waals surface area contributed by atoms with Crippen molar-refractivity contribution in [3.8, 4) is 0 Å². The van der Waals surface area contributed by atoms with Crippen molar-refractivity contribution in [2.24, 2.45) is 0 Å². The Morgan fingerprint density at radius 3 is 2.63 bits per heavy atom. The zero-order valence-electron chi connectivity index (χ0n) is 11.6. The van der Waals surface area contributed by atoms with E-state index in [-0.39, 0.29) is 11.2 Å². The summed E-state index contributed by atoms with van der Waals surface area (Å²) in [7, 11) is 0. The fourth-order valence-corrected chi connectivity index (χ4v) is 1.60. The van der Waals surface area contributed by atoms with Gasteiger partial charge in [-0.1, -0.05) is 32.9 Å². The Morgan fingerprint density at radius 2 is 2.05 bits per heavy atom. The van der Waals surface area contributed by atoms with Crippen LogP contribution in [0.1, 0.15) is 37.8 Å². The molecule has 2 rings (SSSR count). The van der Waals surface area contributed by atoms with Gasteiger partial charge in [0, 0.05) is 12.0 Å². The van der Waals surface area contributed by atoms with E-state index >= 15 is 0 Å². The second-order valence-electron chi connectivity index (χ2n) is 5.61. The van der Waals surface area contributed by atoms with Gasteiger partial charge in [-0.3, -0.25) is 0 Å². The fraction of sp³-hybridized carbons (Fsp3) is 0.429. The predicted molar refractivity (Wildman–Crippen MR) is 71.5 cm³/mol. The van der Waals surface area contributed by atoms with Crippen LogP contribution in [0.2, 0.25) is 0 Å². The zero-order chi connectivity index (χ0) is 14.0. The number of hydrogen-bond acceptors (Lipinski definition) is 4. The lowest BCUT2D eigenvalue weighted by Gasteiger charge is -2.10. The molecule has 0 aliphatic rings. The minimum Gasteiger partial charge on any atom is -0.348 e. The van der Waals surface area contributed by atoms with Gasteiger partial charge in [0.1, 0.15) is 5.82 Å². The van der Waals surface area contributed by atoms with Crippen molar-refractivity contribution in [2.75, 3.05) is 5.32 Å². The molecule has 0 saturated carbocycles. The summed E-state index contributed by atoms with van der Waals surface area (Å²) in [6.45, 7) is 8.30. The highest BCUT2D eigenvalue weighted by molar-refractivity contribution is 5.29. The maximum atomic E-state index is 13.1. The van der Waals surface area contributed by atoms with Crippen LogP contribution in [-0.4, -0.2) is 10.1 Å². The molecule has 0 amide bonds. The number of anilines is 1. The van der Waals surface area contributed by atoms with Crippen LogP contribution in [0.25, 0.3) is 0 Å². The van der Waals surface area contributed by atoms with E-state index in [1.54, 1.807) is 19.1 Å². The summed E-state index contributed by atoms with van der Waals surface area (Å²) in [5.74, 6) is 0.843. The lowest BCUT2D eigenvalue weighted by Crippen LogP contribution is -2.11. The van der Waals surface area contributed by atoms with Crippen molar-refractivity contribution >= 4 is 5.95 Å². The van der Waals surface area contributed by atoms with Crippen LogP contribution in [0, 0.1) is 12.7 Å². The first-order valence-corrected chi connectivity index (χ1v) is 6.19. The molecule has 0 unspecified atom stereocenters. The normalized spacial score (nSPS) is 11.6. The molecule has 0 aliphatic heterocycles. The van der Waals surface area contributed by atoms with Gasteiger partial charge in [0.2, 0.25) is 5.89 Å². The van der Waals surface area contributed by atoms with Gasteiger partial charge in [-0.15, -0.1) is 0 Å². The second kappa shape index (κ2) is 4.99. The maximum absolute atomic E-state index is 13.1. The Labute approximate surface area is 112 Å². The Kier molecular flexibility index (Phi) is 3.55. The van der Waals surface area contributed by atoms with Crippen LogP contribution in [0.3, 0.4) is 0 Å². The van der Waals surface area contributed by atoms with Crippen molar-refractivity contribution in [2.45, 2.75) is 39.7 Å². The second-order valence-corrected chi connectivity index (χ2v) is 5.61. The molecule has 4 nitrogen and oxygen atoms in total. The van der Waals surface area contributed by atoms with E-state index in [0.717, 1.165) is 5.56 Å². The number of halogens is 1. The molecule has 0 aliphatic carbocycles. The summed E-state index contributed by atoms with van der Waals surface area (Å²) in [5, 5.41) is 6.93. The highest BCUT2D eigenvalue weighted by atomic mass is 19.1. The average Bonchev–Trinajstić information content (AvgIpc) is 2.79. The minimum atomic E-state index is -0.196.